The van der Waals surface area contributed by atoms with Gasteiger partial charge in [0.15, 0.2) is 0 Å². The second kappa shape index (κ2) is 9.49. The van der Waals surface area contributed by atoms with Crippen LogP contribution in [0.4, 0.5) is 5.69 Å². The quantitative estimate of drug-likeness (QED) is 0.673. The van der Waals surface area contributed by atoms with Crippen LogP contribution >= 0.6 is 23.2 Å². The van der Waals surface area contributed by atoms with Crippen LogP contribution in [-0.4, -0.2) is 39.8 Å². The molecule has 0 unspecified atom stereocenters. The smallest absolute Gasteiger partial charge is 0.241 e. The highest BCUT2D eigenvalue weighted by molar-refractivity contribution is 7.92. The van der Waals surface area contributed by atoms with Gasteiger partial charge in [0.2, 0.25) is 15.9 Å². The Kier molecular flexibility index (Phi) is 7.57. The first-order valence-corrected chi connectivity index (χ1v) is 11.1. The van der Waals surface area contributed by atoms with Gasteiger partial charge in [0.05, 0.1) is 28.0 Å². The summed E-state index contributed by atoms with van der Waals surface area (Å²) in [7, 11) is -3.70. The van der Waals surface area contributed by atoms with Gasteiger partial charge in [-0.1, -0.05) is 41.4 Å². The van der Waals surface area contributed by atoms with Crippen molar-refractivity contribution in [3.05, 3.63) is 58.1 Å². The number of halogens is 2. The number of carbonyl (C=O) groups is 1. The predicted octanol–water partition coefficient (Wildman–Crippen LogP) is 3.65. The molecule has 0 bridgehead atoms. The summed E-state index contributed by atoms with van der Waals surface area (Å²) >= 11 is 11.8. The van der Waals surface area contributed by atoms with Gasteiger partial charge in [0.25, 0.3) is 0 Å². The largest absolute Gasteiger partial charge is 0.491 e. The molecule has 2 aromatic rings. The van der Waals surface area contributed by atoms with Crippen LogP contribution in [0.5, 0.6) is 5.75 Å². The number of anilines is 1. The number of ether oxygens (including phenoxy) is 1. The predicted molar refractivity (Wildman–Crippen MR) is 113 cm³/mol. The van der Waals surface area contributed by atoms with E-state index in [-0.39, 0.29) is 29.9 Å². The summed E-state index contributed by atoms with van der Waals surface area (Å²) in [6.45, 7) is 3.58. The van der Waals surface area contributed by atoms with Crippen LogP contribution in [0, 0.1) is 6.92 Å². The van der Waals surface area contributed by atoms with Crippen LogP contribution in [0.1, 0.15) is 12.5 Å². The summed E-state index contributed by atoms with van der Waals surface area (Å²) in [6, 6.07) is 11.6. The average molecular weight is 445 g/mol. The van der Waals surface area contributed by atoms with Crippen LogP contribution in [0.15, 0.2) is 42.5 Å². The van der Waals surface area contributed by atoms with Crippen molar-refractivity contribution in [2.45, 2.75) is 19.9 Å². The summed E-state index contributed by atoms with van der Waals surface area (Å²) in [5.41, 5.74) is 1.25. The van der Waals surface area contributed by atoms with Gasteiger partial charge in [-0.15, -0.1) is 0 Å². The van der Waals surface area contributed by atoms with Crippen molar-refractivity contribution >= 4 is 44.8 Å². The van der Waals surface area contributed by atoms with E-state index in [0.29, 0.717) is 5.02 Å². The van der Waals surface area contributed by atoms with E-state index < -0.39 is 15.9 Å². The molecule has 0 spiro atoms. The molecule has 0 aliphatic rings. The molecular weight excluding hydrogens is 423 g/mol. The normalized spacial score (nSPS) is 12.3. The first-order chi connectivity index (χ1) is 13.1. The lowest BCUT2D eigenvalue weighted by molar-refractivity contribution is -0.120. The summed E-state index contributed by atoms with van der Waals surface area (Å²) in [6.07, 6.45) is 1.02. The fourth-order valence-corrected chi connectivity index (χ4v) is 3.61. The fourth-order valence-electron chi connectivity index (χ4n) is 2.47. The Morgan fingerprint density at radius 2 is 1.86 bits per heavy atom. The molecule has 1 N–H and O–H groups in total. The van der Waals surface area contributed by atoms with Crippen molar-refractivity contribution < 1.29 is 17.9 Å². The third-order valence-corrected chi connectivity index (χ3v) is 5.75. The second-order valence-electron chi connectivity index (χ2n) is 6.41. The number of nitrogens with zero attached hydrogens (tertiary/aromatic N) is 1. The highest BCUT2D eigenvalue weighted by Gasteiger charge is 2.22. The molecule has 6 nitrogen and oxygen atoms in total. The Labute approximate surface area is 175 Å². The topological polar surface area (TPSA) is 75.7 Å². The van der Waals surface area contributed by atoms with Crippen molar-refractivity contribution in [3.63, 3.8) is 0 Å². The number of hydrogen-bond acceptors (Lipinski definition) is 4. The van der Waals surface area contributed by atoms with Crippen LogP contribution in [-0.2, 0) is 14.8 Å². The maximum atomic E-state index is 12.4. The first-order valence-electron chi connectivity index (χ1n) is 8.48. The van der Waals surface area contributed by atoms with Crippen molar-refractivity contribution in [2.24, 2.45) is 0 Å². The number of para-hydroxylation sites is 1. The van der Waals surface area contributed by atoms with Crippen LogP contribution in [0.25, 0.3) is 0 Å². The zero-order chi connectivity index (χ0) is 20.9. The standard InChI is InChI=1S/C19H22Cl2N2O4S/c1-13-6-4-5-7-18(13)27-12-14(2)22-19(24)11-23(28(3,25)26)15-8-9-16(20)17(21)10-15/h4-10,14H,11-12H2,1-3H3,(H,22,24)/t14-/m0/s1. The molecule has 0 fully saturated rings. The molecular formula is C19H22Cl2N2O4S. The lowest BCUT2D eigenvalue weighted by atomic mass is 10.2. The molecule has 1 atom stereocenters. The number of rotatable bonds is 8. The van der Waals surface area contributed by atoms with Gasteiger partial charge < -0.3 is 10.1 Å². The molecule has 0 aliphatic heterocycles. The molecule has 0 saturated carbocycles. The van der Waals surface area contributed by atoms with Gasteiger partial charge in [0, 0.05) is 0 Å². The minimum absolute atomic E-state index is 0.202. The summed E-state index contributed by atoms with van der Waals surface area (Å²) in [5, 5.41) is 3.24. The van der Waals surface area contributed by atoms with E-state index in [2.05, 4.69) is 5.32 Å². The fraction of sp³-hybridized carbons (Fsp3) is 0.316. The van der Waals surface area contributed by atoms with E-state index in [1.165, 1.54) is 18.2 Å². The average Bonchev–Trinajstić information content (AvgIpc) is 2.60. The van der Waals surface area contributed by atoms with Crippen LogP contribution < -0.4 is 14.4 Å². The zero-order valence-electron chi connectivity index (χ0n) is 15.8. The van der Waals surface area contributed by atoms with Crippen LogP contribution in [0.3, 0.4) is 0 Å². The van der Waals surface area contributed by atoms with Gasteiger partial charge in [-0.05, 0) is 43.7 Å². The van der Waals surface area contributed by atoms with Gasteiger partial charge in [-0.2, -0.15) is 0 Å². The van der Waals surface area contributed by atoms with E-state index in [1.807, 2.05) is 31.2 Å². The lowest BCUT2D eigenvalue weighted by Gasteiger charge is -2.23. The Morgan fingerprint density at radius 1 is 1.18 bits per heavy atom. The Morgan fingerprint density at radius 3 is 2.46 bits per heavy atom. The van der Waals surface area contributed by atoms with E-state index in [1.54, 1.807) is 6.92 Å². The Bertz CT molecular complexity index is 951. The van der Waals surface area contributed by atoms with Crippen molar-refractivity contribution in [3.8, 4) is 5.75 Å². The number of amides is 1. The number of aryl methyl sites for hydroxylation is 1. The third-order valence-electron chi connectivity index (χ3n) is 3.87. The van der Waals surface area contributed by atoms with Crippen molar-refractivity contribution in [2.75, 3.05) is 23.7 Å². The molecule has 0 heterocycles. The Hall–Kier alpha value is -1.96. The van der Waals surface area contributed by atoms with Gasteiger partial charge in [-0.25, -0.2) is 8.42 Å². The van der Waals surface area contributed by atoms with Crippen LogP contribution in [0.2, 0.25) is 10.0 Å². The highest BCUT2D eigenvalue weighted by Crippen LogP contribution is 2.28. The first kappa shape index (κ1) is 22.3. The molecule has 0 aromatic heterocycles. The zero-order valence-corrected chi connectivity index (χ0v) is 18.1. The van der Waals surface area contributed by atoms with E-state index >= 15 is 0 Å². The molecule has 0 saturated heterocycles. The molecule has 1 amide bonds. The molecule has 9 heteroatoms. The maximum absolute atomic E-state index is 12.4. The summed E-state index contributed by atoms with van der Waals surface area (Å²) in [4.78, 5) is 12.4. The molecule has 0 aliphatic carbocycles. The maximum Gasteiger partial charge on any atom is 0.241 e. The monoisotopic (exact) mass is 444 g/mol. The third kappa shape index (κ3) is 6.29. The highest BCUT2D eigenvalue weighted by atomic mass is 35.5. The number of hydrogen-bond donors (Lipinski definition) is 1. The number of nitrogens with one attached hydrogen (secondary N) is 1. The van der Waals surface area contributed by atoms with Gasteiger partial charge in [-0.3, -0.25) is 9.10 Å². The van der Waals surface area contributed by atoms with E-state index in [0.717, 1.165) is 21.9 Å². The van der Waals surface area contributed by atoms with Gasteiger partial charge >= 0.3 is 0 Å². The van der Waals surface area contributed by atoms with E-state index in [4.69, 9.17) is 27.9 Å². The number of benzene rings is 2. The number of sulfonamides is 1. The Balaban J connectivity index is 2.01. The summed E-state index contributed by atoms with van der Waals surface area (Å²) in [5.74, 6) is 0.273. The number of carbonyl (C=O) groups excluding carboxylic acids is 1. The molecule has 0 radical (unpaired) electrons. The lowest BCUT2D eigenvalue weighted by Crippen LogP contribution is -2.44. The second-order valence-corrected chi connectivity index (χ2v) is 9.13. The van der Waals surface area contributed by atoms with Gasteiger partial charge in [0.1, 0.15) is 18.9 Å². The summed E-state index contributed by atoms with van der Waals surface area (Å²) < 4.78 is 31.0. The molecule has 2 aromatic carbocycles. The SMILES string of the molecule is Cc1ccccc1OC[C@H](C)NC(=O)CN(c1ccc(Cl)c(Cl)c1)S(C)(=O)=O. The minimum atomic E-state index is -3.70. The van der Waals surface area contributed by atoms with Crippen molar-refractivity contribution in [1.29, 1.82) is 0 Å². The minimum Gasteiger partial charge on any atom is -0.491 e. The molecule has 2 rings (SSSR count). The van der Waals surface area contributed by atoms with E-state index in [9.17, 15) is 13.2 Å². The van der Waals surface area contributed by atoms with Crippen molar-refractivity contribution in [1.82, 2.24) is 5.32 Å². The molecule has 152 valence electrons. The molecule has 28 heavy (non-hydrogen) atoms.